The topological polar surface area (TPSA) is 104 Å². The standard InChI is InChI=1S/C6H10N4.4ClH.Cu/c7-3-1-4(8)6(10)2-5(3)9;;;;;/h1-2H,7-10H2;4*1H;/q;;;;;+4/p-4. The van der Waals surface area contributed by atoms with Gasteiger partial charge in [-0.15, -0.1) is 0 Å². The van der Waals surface area contributed by atoms with Crippen LogP contribution < -0.4 is 22.9 Å². The molecule has 0 spiro atoms. The van der Waals surface area contributed by atoms with Crippen molar-refractivity contribution < 1.29 is 9.20 Å². The van der Waals surface area contributed by atoms with E-state index in [0.717, 1.165) is 0 Å². The van der Waals surface area contributed by atoms with Crippen LogP contribution in [0.5, 0.6) is 0 Å². The molecule has 0 saturated carbocycles. The van der Waals surface area contributed by atoms with E-state index in [0.29, 0.717) is 22.7 Å². The number of rotatable bonds is 0. The van der Waals surface area contributed by atoms with E-state index in [9.17, 15) is 0 Å². The zero-order chi connectivity index (χ0) is 12.2. The van der Waals surface area contributed by atoms with Crippen molar-refractivity contribution in [1.29, 1.82) is 0 Å². The Morgan fingerprint density at radius 3 is 0.933 bits per heavy atom. The molecule has 0 fully saturated rings. The summed E-state index contributed by atoms with van der Waals surface area (Å²) in [5, 5.41) is 0. The van der Waals surface area contributed by atoms with E-state index in [4.69, 9.17) is 63.3 Å². The molecule has 0 bridgehead atoms. The quantitative estimate of drug-likeness (QED) is 0.429. The van der Waals surface area contributed by atoms with Crippen LogP contribution in [0.15, 0.2) is 12.1 Å². The van der Waals surface area contributed by atoms with Gasteiger partial charge in [0, 0.05) is 0 Å². The van der Waals surface area contributed by atoms with Crippen molar-refractivity contribution in [3.63, 3.8) is 0 Å². The van der Waals surface area contributed by atoms with Crippen LogP contribution in [-0.4, -0.2) is 0 Å². The average Bonchev–Trinajstić information content (AvgIpc) is 1.98. The summed E-state index contributed by atoms with van der Waals surface area (Å²) in [5.74, 6) is 0. The first-order valence-electron chi connectivity index (χ1n) is 3.27. The summed E-state index contributed by atoms with van der Waals surface area (Å²) in [6.45, 7) is 0. The second-order valence-corrected chi connectivity index (χ2v) is 11.7. The Morgan fingerprint density at radius 1 is 0.667 bits per heavy atom. The third kappa shape index (κ3) is 7.96. The van der Waals surface area contributed by atoms with Crippen LogP contribution in [0.25, 0.3) is 0 Å². The van der Waals surface area contributed by atoms with Gasteiger partial charge in [-0.3, -0.25) is 0 Å². The average molecular weight is 344 g/mol. The maximum atomic E-state index is 5.43. The van der Waals surface area contributed by atoms with Crippen LogP contribution >= 0.6 is 40.4 Å². The first-order chi connectivity index (χ1) is 6.61. The third-order valence-electron chi connectivity index (χ3n) is 1.29. The molecule has 0 aliphatic rings. The Hall–Kier alpha value is 0.0995. The van der Waals surface area contributed by atoms with Gasteiger partial charge in [0.15, 0.2) is 0 Å². The van der Waals surface area contributed by atoms with E-state index < -0.39 is 9.20 Å². The second-order valence-electron chi connectivity index (χ2n) is 2.37. The summed E-state index contributed by atoms with van der Waals surface area (Å²) in [4.78, 5) is 0. The van der Waals surface area contributed by atoms with Gasteiger partial charge in [0.2, 0.25) is 0 Å². The molecule has 1 aromatic rings. The molecule has 0 saturated heterocycles. The molecule has 1 rings (SSSR count). The predicted molar refractivity (Wildman–Crippen MR) is 67.5 cm³/mol. The van der Waals surface area contributed by atoms with Crippen LogP contribution in [0.3, 0.4) is 0 Å². The van der Waals surface area contributed by atoms with Gasteiger partial charge in [0.05, 0.1) is 22.7 Å². The Balaban J connectivity index is 0.000000336. The van der Waals surface area contributed by atoms with E-state index in [1.807, 2.05) is 0 Å². The minimum atomic E-state index is -2.24. The Labute approximate surface area is 107 Å². The molecule has 0 heterocycles. The molecule has 15 heavy (non-hydrogen) atoms. The number of halogens is 4. The molecule has 0 aliphatic heterocycles. The molecule has 0 atom stereocenters. The van der Waals surface area contributed by atoms with Gasteiger partial charge in [-0.25, -0.2) is 0 Å². The van der Waals surface area contributed by atoms with Crippen molar-refractivity contribution >= 4 is 63.1 Å². The molecule has 93 valence electrons. The fourth-order valence-corrected chi connectivity index (χ4v) is 0.668. The van der Waals surface area contributed by atoms with Crippen LogP contribution in [0.1, 0.15) is 0 Å². The molecule has 4 nitrogen and oxygen atoms in total. The first kappa shape index (κ1) is 15.1. The van der Waals surface area contributed by atoms with Gasteiger partial charge in [-0.2, -0.15) is 0 Å². The number of anilines is 4. The molecular weight excluding hydrogens is 333 g/mol. The number of hydrogen-bond donors (Lipinski definition) is 4. The molecule has 8 N–H and O–H groups in total. The van der Waals surface area contributed by atoms with Gasteiger partial charge in [-0.05, 0) is 12.1 Å². The second kappa shape index (κ2) is 5.99. The monoisotopic (exact) mass is 341 g/mol. The summed E-state index contributed by atoms with van der Waals surface area (Å²) in [7, 11) is 17.4. The third-order valence-corrected chi connectivity index (χ3v) is 1.29. The number of nitrogens with two attached hydrogens (primary N) is 4. The van der Waals surface area contributed by atoms with Gasteiger partial charge in [-0.1, -0.05) is 0 Å². The summed E-state index contributed by atoms with van der Waals surface area (Å²) in [6.07, 6.45) is 0. The molecule has 0 aromatic heterocycles. The van der Waals surface area contributed by atoms with Gasteiger partial charge >= 0.3 is 49.6 Å². The SMILES string of the molecule is Nc1cc(N)c(N)cc1N.[Cl][Cu]([Cl])([Cl])[Cl]. The molecule has 0 aliphatic carbocycles. The molecule has 0 amide bonds. The molecule has 0 radical (unpaired) electrons. The minimum absolute atomic E-state index is 0.465. The number of benzene rings is 1. The molecule has 0 unspecified atom stereocenters. The zero-order valence-corrected chi connectivity index (χ0v) is 11.2. The van der Waals surface area contributed by atoms with E-state index in [1.165, 1.54) is 0 Å². The van der Waals surface area contributed by atoms with Crippen molar-refractivity contribution in [2.24, 2.45) is 0 Å². The Bertz CT molecular complexity index is 284. The van der Waals surface area contributed by atoms with E-state index in [2.05, 4.69) is 0 Å². The van der Waals surface area contributed by atoms with Gasteiger partial charge < -0.3 is 22.9 Å². The van der Waals surface area contributed by atoms with Crippen molar-refractivity contribution in [1.82, 2.24) is 0 Å². The van der Waals surface area contributed by atoms with Crippen molar-refractivity contribution in [2.75, 3.05) is 22.9 Å². The zero-order valence-electron chi connectivity index (χ0n) is 7.28. The molecule has 9 heteroatoms. The van der Waals surface area contributed by atoms with E-state index in [-0.39, 0.29) is 0 Å². The van der Waals surface area contributed by atoms with Crippen molar-refractivity contribution in [2.45, 2.75) is 0 Å². The molecule has 1 aromatic carbocycles. The van der Waals surface area contributed by atoms with Crippen LogP contribution in [0.2, 0.25) is 0 Å². The summed E-state index contributed by atoms with van der Waals surface area (Å²) in [6, 6.07) is 3.09. The fourth-order valence-electron chi connectivity index (χ4n) is 0.668. The van der Waals surface area contributed by atoms with Crippen LogP contribution in [0.4, 0.5) is 22.7 Å². The van der Waals surface area contributed by atoms with Crippen molar-refractivity contribution in [3.8, 4) is 0 Å². The van der Waals surface area contributed by atoms with Crippen LogP contribution in [-0.2, 0) is 9.20 Å². The summed E-state index contributed by atoms with van der Waals surface area (Å²) in [5.41, 5.74) is 23.6. The normalized spacial score (nSPS) is 11.5. The van der Waals surface area contributed by atoms with Crippen LogP contribution in [0, 0.1) is 0 Å². The van der Waals surface area contributed by atoms with E-state index >= 15 is 0 Å². The fraction of sp³-hybridized carbons (Fsp3) is 0. The van der Waals surface area contributed by atoms with Crippen molar-refractivity contribution in [3.05, 3.63) is 12.1 Å². The summed E-state index contributed by atoms with van der Waals surface area (Å²) < 4.78 is 0. The van der Waals surface area contributed by atoms with E-state index in [1.54, 1.807) is 12.1 Å². The number of nitrogen functional groups attached to an aromatic ring is 4. The predicted octanol–water partition coefficient (Wildman–Crippen LogP) is 2.77. The van der Waals surface area contributed by atoms with Gasteiger partial charge in [0.1, 0.15) is 0 Å². The summed E-state index contributed by atoms with van der Waals surface area (Å²) >= 11 is 0. The Kier molecular flexibility index (Phi) is 6.03. The first-order valence-corrected chi connectivity index (χ1v) is 8.45. The van der Waals surface area contributed by atoms with Gasteiger partial charge in [0.25, 0.3) is 0 Å². The number of hydrogen-bond acceptors (Lipinski definition) is 4. The molecular formula is C6H10Cl4CuN4. The Morgan fingerprint density at radius 2 is 0.800 bits per heavy atom. The maximum absolute atomic E-state index is 5.43.